The second kappa shape index (κ2) is 6.01. The summed E-state index contributed by atoms with van der Waals surface area (Å²) in [6.45, 7) is 4.66. The third kappa shape index (κ3) is 2.78. The number of thiazole rings is 1. The predicted molar refractivity (Wildman–Crippen MR) is 95.1 cm³/mol. The predicted octanol–water partition coefficient (Wildman–Crippen LogP) is 2.91. The van der Waals surface area contributed by atoms with Crippen molar-refractivity contribution in [2.75, 3.05) is 20.1 Å². The van der Waals surface area contributed by atoms with Crippen LogP contribution in [0.3, 0.4) is 0 Å². The summed E-state index contributed by atoms with van der Waals surface area (Å²) >= 11 is 1.73. The van der Waals surface area contributed by atoms with Gasteiger partial charge in [0.1, 0.15) is 5.01 Å². The number of likely N-dealkylation sites (tertiary alicyclic amines) is 1. The number of piperidine rings is 1. The highest BCUT2D eigenvalue weighted by atomic mass is 32.1. The molecular formula is C18H24N4OS. The van der Waals surface area contributed by atoms with Gasteiger partial charge in [-0.15, -0.1) is 11.3 Å². The number of carbonyl (C=O) groups is 1. The lowest BCUT2D eigenvalue weighted by atomic mass is 9.92. The largest absolute Gasteiger partial charge is 0.365 e. The van der Waals surface area contributed by atoms with Gasteiger partial charge < -0.3 is 9.88 Å². The number of H-pyrrole nitrogens is 1. The fourth-order valence-electron chi connectivity index (χ4n) is 4.15. The molecule has 1 saturated carbocycles. The maximum absolute atomic E-state index is 12.6. The van der Waals surface area contributed by atoms with Gasteiger partial charge in [-0.05, 0) is 44.7 Å². The molecule has 2 aliphatic rings. The summed E-state index contributed by atoms with van der Waals surface area (Å²) in [5, 5.41) is 3.23. The van der Waals surface area contributed by atoms with Crippen LogP contribution in [-0.4, -0.2) is 51.9 Å². The molecule has 4 rings (SSSR count). The lowest BCUT2D eigenvalue weighted by Gasteiger charge is -2.34. The number of nitrogens with one attached hydrogen (secondary N) is 1. The number of rotatable bonds is 4. The number of carbonyl (C=O) groups excluding carboxylic acids is 1. The van der Waals surface area contributed by atoms with Crippen molar-refractivity contribution < 1.29 is 4.79 Å². The Labute approximate surface area is 146 Å². The van der Waals surface area contributed by atoms with Crippen LogP contribution in [0.4, 0.5) is 0 Å². The lowest BCUT2D eigenvalue weighted by Crippen LogP contribution is -2.41. The summed E-state index contributed by atoms with van der Waals surface area (Å²) in [5.74, 6) is 0.178. The van der Waals surface area contributed by atoms with E-state index in [4.69, 9.17) is 0 Å². The van der Waals surface area contributed by atoms with Crippen LogP contribution in [0, 0.1) is 12.3 Å². The second-order valence-corrected chi connectivity index (χ2v) is 8.21. The summed E-state index contributed by atoms with van der Waals surface area (Å²) < 4.78 is 0. The molecule has 1 amide bonds. The van der Waals surface area contributed by atoms with E-state index in [1.165, 1.54) is 11.4 Å². The molecule has 5 nitrogen and oxygen atoms in total. The smallest absolute Gasteiger partial charge is 0.255 e. The quantitative estimate of drug-likeness (QED) is 0.928. The molecule has 1 aliphatic carbocycles. The number of aromatic nitrogens is 2. The Kier molecular flexibility index (Phi) is 3.96. The van der Waals surface area contributed by atoms with Gasteiger partial charge in [0.15, 0.2) is 0 Å². The summed E-state index contributed by atoms with van der Waals surface area (Å²) in [5.41, 5.74) is 2.21. The average Bonchev–Trinajstić information content (AvgIpc) is 2.94. The zero-order valence-corrected chi connectivity index (χ0v) is 15.1. The summed E-state index contributed by atoms with van der Waals surface area (Å²) in [6.07, 6.45) is 7.23. The Balaban J connectivity index is 1.34. The van der Waals surface area contributed by atoms with Crippen LogP contribution in [0.15, 0.2) is 23.8 Å². The van der Waals surface area contributed by atoms with Crippen molar-refractivity contribution >= 4 is 17.2 Å². The molecule has 2 fully saturated rings. The van der Waals surface area contributed by atoms with E-state index in [1.54, 1.807) is 11.3 Å². The van der Waals surface area contributed by atoms with Gasteiger partial charge in [0.25, 0.3) is 5.91 Å². The second-order valence-electron chi connectivity index (χ2n) is 7.23. The van der Waals surface area contributed by atoms with Crippen molar-refractivity contribution in [1.29, 1.82) is 0 Å². The van der Waals surface area contributed by atoms with Crippen molar-refractivity contribution in [1.82, 2.24) is 19.8 Å². The van der Waals surface area contributed by atoms with E-state index < -0.39 is 0 Å². The Morgan fingerprint density at radius 2 is 2.29 bits per heavy atom. The number of aryl methyl sites for hydroxylation is 1. The molecule has 0 bridgehead atoms. The van der Waals surface area contributed by atoms with E-state index >= 15 is 0 Å². The van der Waals surface area contributed by atoms with Gasteiger partial charge in [0.05, 0.1) is 12.1 Å². The monoisotopic (exact) mass is 344 g/mol. The van der Waals surface area contributed by atoms with Crippen molar-refractivity contribution in [3.8, 4) is 0 Å². The molecule has 0 radical (unpaired) electrons. The molecule has 1 saturated heterocycles. The normalized spacial score (nSPS) is 22.3. The first kappa shape index (κ1) is 15.8. The number of hydrogen-bond donors (Lipinski definition) is 1. The van der Waals surface area contributed by atoms with Crippen molar-refractivity contribution in [2.24, 2.45) is 5.41 Å². The number of hydrogen-bond acceptors (Lipinski definition) is 4. The SMILES string of the molecule is Cc1[nH]ccc1C(=O)N1CCC2(CC1)CC2N(C)Cc1nccs1. The fourth-order valence-corrected chi connectivity index (χ4v) is 4.83. The van der Waals surface area contributed by atoms with E-state index in [2.05, 4.69) is 21.9 Å². The molecule has 128 valence electrons. The number of nitrogens with zero attached hydrogens (tertiary/aromatic N) is 3. The van der Waals surface area contributed by atoms with Crippen LogP contribution in [-0.2, 0) is 6.54 Å². The molecule has 2 aromatic rings. The molecule has 6 heteroatoms. The molecule has 1 N–H and O–H groups in total. The molecular weight excluding hydrogens is 320 g/mol. The first-order chi connectivity index (χ1) is 11.6. The molecule has 1 atom stereocenters. The van der Waals surface area contributed by atoms with E-state index in [0.717, 1.165) is 43.7 Å². The first-order valence-corrected chi connectivity index (χ1v) is 9.49. The highest BCUT2D eigenvalue weighted by Gasteiger charge is 2.56. The number of amides is 1. The molecule has 2 aromatic heterocycles. The van der Waals surface area contributed by atoms with E-state index in [-0.39, 0.29) is 5.91 Å². The van der Waals surface area contributed by atoms with Gasteiger partial charge in [0.2, 0.25) is 0 Å². The summed E-state index contributed by atoms with van der Waals surface area (Å²) in [4.78, 5) is 24.6. The van der Waals surface area contributed by atoms with Crippen molar-refractivity contribution in [3.63, 3.8) is 0 Å². The van der Waals surface area contributed by atoms with Gasteiger partial charge in [0, 0.05) is 42.6 Å². The molecule has 1 spiro atoms. The van der Waals surface area contributed by atoms with Gasteiger partial charge in [-0.25, -0.2) is 4.98 Å². The van der Waals surface area contributed by atoms with Gasteiger partial charge >= 0.3 is 0 Å². The third-order valence-electron chi connectivity index (χ3n) is 5.78. The third-order valence-corrected chi connectivity index (χ3v) is 6.54. The van der Waals surface area contributed by atoms with E-state index in [0.29, 0.717) is 11.5 Å². The highest BCUT2D eigenvalue weighted by molar-refractivity contribution is 7.09. The minimum absolute atomic E-state index is 0.178. The van der Waals surface area contributed by atoms with Gasteiger partial charge in [-0.1, -0.05) is 0 Å². The van der Waals surface area contributed by atoms with Crippen LogP contribution in [0.2, 0.25) is 0 Å². The topological polar surface area (TPSA) is 52.2 Å². The Bertz CT molecular complexity index is 715. The average molecular weight is 344 g/mol. The maximum Gasteiger partial charge on any atom is 0.255 e. The van der Waals surface area contributed by atoms with Gasteiger partial charge in [-0.3, -0.25) is 9.69 Å². The Hall–Kier alpha value is -1.66. The standard InChI is InChI=1S/C18H24N4OS/c1-13-14(3-6-19-13)17(23)22-8-4-18(5-9-22)11-15(18)21(2)12-16-20-7-10-24-16/h3,6-7,10,15,19H,4-5,8-9,11-12H2,1-2H3. The molecule has 0 aromatic carbocycles. The Morgan fingerprint density at radius 1 is 1.50 bits per heavy atom. The van der Waals surface area contributed by atoms with Gasteiger partial charge in [-0.2, -0.15) is 0 Å². The van der Waals surface area contributed by atoms with Crippen molar-refractivity contribution in [3.05, 3.63) is 40.1 Å². The molecule has 24 heavy (non-hydrogen) atoms. The van der Waals surface area contributed by atoms with Crippen LogP contribution in [0.25, 0.3) is 0 Å². The first-order valence-electron chi connectivity index (χ1n) is 8.61. The molecule has 1 aliphatic heterocycles. The maximum atomic E-state index is 12.6. The van der Waals surface area contributed by atoms with E-state index in [9.17, 15) is 4.79 Å². The molecule has 1 unspecified atom stereocenters. The minimum Gasteiger partial charge on any atom is -0.365 e. The highest BCUT2D eigenvalue weighted by Crippen LogP contribution is 2.56. The Morgan fingerprint density at radius 3 is 2.92 bits per heavy atom. The zero-order valence-electron chi connectivity index (χ0n) is 14.3. The summed E-state index contributed by atoms with van der Waals surface area (Å²) in [7, 11) is 2.21. The van der Waals surface area contributed by atoms with Crippen LogP contribution >= 0.6 is 11.3 Å². The van der Waals surface area contributed by atoms with E-state index in [1.807, 2.05) is 35.7 Å². The van der Waals surface area contributed by atoms with Crippen LogP contribution < -0.4 is 0 Å². The zero-order chi connectivity index (χ0) is 16.7. The minimum atomic E-state index is 0.178. The molecule has 3 heterocycles. The van der Waals surface area contributed by atoms with Crippen LogP contribution in [0.5, 0.6) is 0 Å². The van der Waals surface area contributed by atoms with Crippen LogP contribution in [0.1, 0.15) is 40.3 Å². The van der Waals surface area contributed by atoms with Crippen molar-refractivity contribution in [2.45, 2.75) is 38.8 Å². The fraction of sp³-hybridized carbons (Fsp3) is 0.556. The lowest BCUT2D eigenvalue weighted by molar-refractivity contribution is 0.0657. The summed E-state index contributed by atoms with van der Waals surface area (Å²) in [6, 6.07) is 2.54. The number of aromatic amines is 1.